The molecule has 40 heavy (non-hydrogen) atoms. The minimum atomic E-state index is -0.951. The Kier molecular flexibility index (Phi) is 6.61. The summed E-state index contributed by atoms with van der Waals surface area (Å²) in [6.07, 6.45) is 5.89. The van der Waals surface area contributed by atoms with Crippen molar-refractivity contribution >= 4 is 33.5 Å². The maximum Gasteiger partial charge on any atom is 0.322 e. The van der Waals surface area contributed by atoms with Crippen LogP contribution in [0.3, 0.4) is 0 Å². The molecule has 0 spiro atoms. The third kappa shape index (κ3) is 4.74. The molecule has 0 unspecified atom stereocenters. The lowest BCUT2D eigenvalue weighted by Crippen LogP contribution is -2.34. The summed E-state index contributed by atoms with van der Waals surface area (Å²) in [6.45, 7) is 3.79. The van der Waals surface area contributed by atoms with E-state index in [-0.39, 0.29) is 18.5 Å². The van der Waals surface area contributed by atoms with Crippen LogP contribution in [0.25, 0.3) is 33.1 Å². The molecule has 2 aromatic carbocycles. The van der Waals surface area contributed by atoms with Gasteiger partial charge in [-0.1, -0.05) is 11.6 Å². The Morgan fingerprint density at radius 2 is 1.90 bits per heavy atom. The van der Waals surface area contributed by atoms with Crippen molar-refractivity contribution in [3.8, 4) is 29.0 Å². The van der Waals surface area contributed by atoms with Crippen LogP contribution >= 0.6 is 11.6 Å². The second-order valence-corrected chi connectivity index (χ2v) is 10.8. The van der Waals surface area contributed by atoms with E-state index >= 15 is 4.39 Å². The zero-order valence-electron chi connectivity index (χ0n) is 22.0. The van der Waals surface area contributed by atoms with Crippen LogP contribution in [0.1, 0.15) is 49.7 Å². The van der Waals surface area contributed by atoms with E-state index in [2.05, 4.69) is 25.6 Å². The summed E-state index contributed by atoms with van der Waals surface area (Å²) < 4.78 is 23.4. The number of aryl methyl sites for hydroxylation is 2. The molecule has 1 fully saturated rings. The third-order valence-electron chi connectivity index (χ3n) is 7.65. The molecule has 10 heteroatoms. The molecule has 8 nitrogen and oxygen atoms in total. The molecule has 0 amide bonds. The van der Waals surface area contributed by atoms with Gasteiger partial charge >= 0.3 is 6.01 Å². The van der Waals surface area contributed by atoms with E-state index in [9.17, 15) is 5.11 Å². The summed E-state index contributed by atoms with van der Waals surface area (Å²) in [7, 11) is 0. The Bertz CT molecular complexity index is 1810. The van der Waals surface area contributed by atoms with E-state index in [0.29, 0.717) is 58.6 Å². The monoisotopic (exact) mass is 556 g/mol. The smallest absolute Gasteiger partial charge is 0.322 e. The predicted octanol–water partition coefficient (Wildman–Crippen LogP) is 7.00. The Balaban J connectivity index is 1.41. The van der Waals surface area contributed by atoms with Gasteiger partial charge in [-0.3, -0.25) is 4.98 Å². The van der Waals surface area contributed by atoms with Gasteiger partial charge in [0, 0.05) is 46.6 Å². The van der Waals surface area contributed by atoms with Crippen LogP contribution in [0.15, 0.2) is 48.8 Å². The van der Waals surface area contributed by atoms with Gasteiger partial charge in [0.2, 0.25) is 0 Å². The van der Waals surface area contributed by atoms with Gasteiger partial charge in [0.25, 0.3) is 0 Å². The Morgan fingerprint density at radius 1 is 1.10 bits per heavy atom. The molecule has 0 bridgehead atoms. The Morgan fingerprint density at radius 3 is 2.62 bits per heavy atom. The molecular formula is C30H26ClFN6O2. The van der Waals surface area contributed by atoms with Crippen molar-refractivity contribution < 1.29 is 14.2 Å². The molecule has 0 aliphatic heterocycles. The van der Waals surface area contributed by atoms with Crippen molar-refractivity contribution in [2.45, 2.75) is 57.6 Å². The van der Waals surface area contributed by atoms with Gasteiger partial charge in [0.15, 0.2) is 0 Å². The fraction of sp³-hybridized carbons (Fsp3) is 0.300. The molecule has 1 aliphatic rings. The van der Waals surface area contributed by atoms with Crippen molar-refractivity contribution in [3.63, 3.8) is 0 Å². The molecule has 0 atom stereocenters. The number of fused-ring (bicyclic) bond motifs is 3. The maximum absolute atomic E-state index is 15.5. The first-order valence-corrected chi connectivity index (χ1v) is 13.5. The highest BCUT2D eigenvalue weighted by Crippen LogP contribution is 2.41. The molecule has 202 valence electrons. The van der Waals surface area contributed by atoms with Crippen molar-refractivity contribution in [2.24, 2.45) is 0 Å². The summed E-state index contributed by atoms with van der Waals surface area (Å²) in [5.41, 5.74) is 2.76. The first-order valence-electron chi connectivity index (χ1n) is 13.1. The fourth-order valence-corrected chi connectivity index (χ4v) is 5.92. The summed E-state index contributed by atoms with van der Waals surface area (Å²) in [4.78, 5) is 17.6. The van der Waals surface area contributed by atoms with E-state index in [1.165, 1.54) is 6.07 Å². The number of imidazole rings is 1. The Labute approximate surface area is 235 Å². The lowest BCUT2D eigenvalue weighted by molar-refractivity contribution is -0.00299. The van der Waals surface area contributed by atoms with Gasteiger partial charge in [0.1, 0.15) is 22.9 Å². The zero-order chi connectivity index (χ0) is 28.0. The maximum atomic E-state index is 15.5. The van der Waals surface area contributed by atoms with Gasteiger partial charge in [-0.05, 0) is 63.8 Å². The minimum absolute atomic E-state index is 0.0898. The average Bonchev–Trinajstić information content (AvgIpc) is 3.25. The highest BCUT2D eigenvalue weighted by atomic mass is 35.5. The van der Waals surface area contributed by atoms with Crippen molar-refractivity contribution in [1.82, 2.24) is 24.5 Å². The SMILES string of the molecule is Cc1ccnc(Oc2ccc(-c3cc4c(cc3F)ncc3nc(C)n(C5CCC(O)(CC#N)CC5)c34)c(Cl)c2)n1. The van der Waals surface area contributed by atoms with Crippen LogP contribution in [0, 0.1) is 31.0 Å². The molecule has 0 saturated heterocycles. The third-order valence-corrected chi connectivity index (χ3v) is 7.97. The summed E-state index contributed by atoms with van der Waals surface area (Å²) in [6, 6.07) is 12.4. The number of ether oxygens (including phenoxy) is 1. The quantitative estimate of drug-likeness (QED) is 0.248. The van der Waals surface area contributed by atoms with E-state index in [1.54, 1.807) is 42.7 Å². The Hall–Kier alpha value is -4.13. The fourth-order valence-electron chi connectivity index (χ4n) is 5.65. The number of pyridine rings is 1. The lowest BCUT2D eigenvalue weighted by atomic mass is 9.80. The number of hydrogen-bond acceptors (Lipinski definition) is 7. The number of rotatable bonds is 5. The van der Waals surface area contributed by atoms with Crippen LogP contribution in [0.2, 0.25) is 5.02 Å². The van der Waals surface area contributed by atoms with E-state index in [4.69, 9.17) is 26.6 Å². The lowest BCUT2D eigenvalue weighted by Gasteiger charge is -2.35. The van der Waals surface area contributed by atoms with Crippen LogP contribution in [-0.2, 0) is 0 Å². The van der Waals surface area contributed by atoms with E-state index in [0.717, 1.165) is 22.4 Å². The van der Waals surface area contributed by atoms with Gasteiger partial charge < -0.3 is 14.4 Å². The zero-order valence-corrected chi connectivity index (χ0v) is 22.8. The molecular weight excluding hydrogens is 531 g/mol. The highest BCUT2D eigenvalue weighted by molar-refractivity contribution is 6.33. The molecule has 1 N–H and O–H groups in total. The molecule has 3 heterocycles. The number of benzene rings is 2. The molecule has 3 aromatic heterocycles. The molecule has 6 rings (SSSR count). The number of nitrogens with zero attached hydrogens (tertiary/aromatic N) is 6. The summed E-state index contributed by atoms with van der Waals surface area (Å²) >= 11 is 6.65. The van der Waals surface area contributed by atoms with E-state index in [1.807, 2.05) is 13.8 Å². The molecule has 5 aromatic rings. The number of halogens is 2. The first-order chi connectivity index (χ1) is 19.2. The second-order valence-electron chi connectivity index (χ2n) is 10.4. The van der Waals surface area contributed by atoms with Crippen molar-refractivity contribution in [2.75, 3.05) is 0 Å². The second kappa shape index (κ2) is 10.1. The van der Waals surface area contributed by atoms with E-state index < -0.39 is 11.4 Å². The highest BCUT2D eigenvalue weighted by Gasteiger charge is 2.35. The largest absolute Gasteiger partial charge is 0.424 e. The predicted molar refractivity (Wildman–Crippen MR) is 150 cm³/mol. The van der Waals surface area contributed by atoms with Crippen molar-refractivity contribution in [3.05, 3.63) is 71.2 Å². The topological polar surface area (TPSA) is 110 Å². The number of aromatic nitrogens is 5. The number of nitriles is 1. The molecule has 1 saturated carbocycles. The van der Waals surface area contributed by atoms with Crippen LogP contribution < -0.4 is 4.74 Å². The standard InChI is InChI=1S/C30H26ClFN6O2/c1-17-7-12-34-29(36-17)40-20-3-4-21(24(31)13-20)22-14-23-26(15-25(22)32)35-16-27-28(23)38(18(2)37-27)19-5-8-30(39,9-6-19)10-11-33/h3-4,7,12-16,19,39H,5-6,8-10H2,1-2H3. The van der Waals surface area contributed by atoms with Gasteiger partial charge in [-0.25, -0.2) is 19.3 Å². The van der Waals surface area contributed by atoms with Gasteiger partial charge in [0.05, 0.1) is 40.3 Å². The summed E-state index contributed by atoms with van der Waals surface area (Å²) in [5.74, 6) is 0.815. The average molecular weight is 557 g/mol. The number of aliphatic hydroxyl groups is 1. The first kappa shape index (κ1) is 26.1. The minimum Gasteiger partial charge on any atom is -0.424 e. The van der Waals surface area contributed by atoms with Crippen LogP contribution in [0.4, 0.5) is 4.39 Å². The molecule has 1 aliphatic carbocycles. The van der Waals surface area contributed by atoms with Gasteiger partial charge in [-0.15, -0.1) is 0 Å². The molecule has 0 radical (unpaired) electrons. The summed E-state index contributed by atoms with van der Waals surface area (Å²) in [5, 5.41) is 20.9. The van der Waals surface area contributed by atoms with Crippen LogP contribution in [-0.4, -0.2) is 35.2 Å². The van der Waals surface area contributed by atoms with Crippen LogP contribution in [0.5, 0.6) is 11.8 Å². The van der Waals surface area contributed by atoms with Crippen molar-refractivity contribution in [1.29, 1.82) is 5.26 Å². The number of hydrogen-bond donors (Lipinski definition) is 1. The van der Waals surface area contributed by atoms with Gasteiger partial charge in [-0.2, -0.15) is 5.26 Å². The normalized spacial score (nSPS) is 19.1.